The maximum Gasteiger partial charge on any atom is 0.0123 e. The quantitative estimate of drug-likeness (QED) is 0.820. The van der Waals surface area contributed by atoms with Gasteiger partial charge in [0.25, 0.3) is 0 Å². The van der Waals surface area contributed by atoms with Crippen molar-refractivity contribution < 1.29 is 0 Å². The lowest BCUT2D eigenvalue weighted by atomic mass is 9.78. The average molecular weight is 260 g/mol. The summed E-state index contributed by atoms with van der Waals surface area (Å²) in [5, 5.41) is 4.16. The third-order valence-corrected chi connectivity index (χ3v) is 7.49. The third-order valence-electron chi connectivity index (χ3n) is 7.49. The van der Waals surface area contributed by atoms with Crippen molar-refractivity contribution in [3.63, 3.8) is 0 Å². The predicted octanol–water partition coefficient (Wildman–Crippen LogP) is 2.49. The van der Waals surface area contributed by atoms with Crippen molar-refractivity contribution in [2.45, 2.75) is 57.0 Å². The van der Waals surface area contributed by atoms with E-state index in [0.717, 1.165) is 41.7 Å². The van der Waals surface area contributed by atoms with Crippen LogP contribution in [0.5, 0.6) is 0 Å². The first kappa shape index (κ1) is 11.6. The second kappa shape index (κ2) is 4.21. The molecule has 2 heterocycles. The Bertz CT molecular complexity index is 368. The van der Waals surface area contributed by atoms with Crippen LogP contribution in [0, 0.1) is 29.6 Å². The van der Waals surface area contributed by atoms with Crippen LogP contribution in [-0.4, -0.2) is 36.6 Å². The molecule has 4 bridgehead atoms. The fourth-order valence-corrected chi connectivity index (χ4v) is 6.71. The number of nitrogens with one attached hydrogen (secondary N) is 1. The van der Waals surface area contributed by atoms with Crippen LogP contribution in [0.1, 0.15) is 44.9 Å². The average Bonchev–Trinajstić information content (AvgIpc) is 3.14. The molecule has 3 aliphatic carbocycles. The zero-order valence-electron chi connectivity index (χ0n) is 12.1. The number of piperidine rings is 1. The van der Waals surface area contributed by atoms with Gasteiger partial charge in [-0.15, -0.1) is 0 Å². The minimum Gasteiger partial charge on any atom is -0.311 e. The molecule has 0 spiro atoms. The summed E-state index contributed by atoms with van der Waals surface area (Å²) in [6.07, 6.45) is 10.7. The normalized spacial score (nSPS) is 58.7. The number of rotatable bonds is 2. The van der Waals surface area contributed by atoms with E-state index in [1.807, 2.05) is 0 Å². The van der Waals surface area contributed by atoms with Crippen molar-refractivity contribution in [2.75, 3.05) is 19.6 Å². The molecule has 2 aliphatic heterocycles. The molecule has 2 heteroatoms. The van der Waals surface area contributed by atoms with E-state index >= 15 is 0 Å². The molecule has 0 aromatic carbocycles. The minimum absolute atomic E-state index is 0.864. The number of hydrogen-bond acceptors (Lipinski definition) is 2. The van der Waals surface area contributed by atoms with Crippen LogP contribution >= 0.6 is 0 Å². The van der Waals surface area contributed by atoms with E-state index in [2.05, 4.69) is 10.2 Å². The third kappa shape index (κ3) is 1.68. The van der Waals surface area contributed by atoms with Gasteiger partial charge in [-0.2, -0.15) is 0 Å². The van der Waals surface area contributed by atoms with Crippen molar-refractivity contribution in [3.05, 3.63) is 0 Å². The zero-order chi connectivity index (χ0) is 12.4. The van der Waals surface area contributed by atoms with Gasteiger partial charge in [0.15, 0.2) is 0 Å². The predicted molar refractivity (Wildman–Crippen MR) is 76.9 cm³/mol. The molecule has 19 heavy (non-hydrogen) atoms. The maximum atomic E-state index is 4.16. The highest BCUT2D eigenvalue weighted by Gasteiger charge is 2.54. The molecule has 0 aromatic rings. The van der Waals surface area contributed by atoms with E-state index in [9.17, 15) is 0 Å². The van der Waals surface area contributed by atoms with Crippen molar-refractivity contribution in [1.82, 2.24) is 10.2 Å². The molecule has 5 rings (SSSR count). The first-order valence-corrected chi connectivity index (χ1v) is 8.87. The van der Waals surface area contributed by atoms with Crippen LogP contribution in [0.4, 0.5) is 0 Å². The molecule has 1 N–H and O–H groups in total. The fraction of sp³-hybridized carbons (Fsp3) is 1.00. The standard InChI is InChI=1S/C17H28N2/c1-2-13-12-8-15(14(13)3-1)17(9-12)18-16-5-7-19-6-4-11(16)10-19/h11-18H,1-10H2. The molecule has 0 amide bonds. The van der Waals surface area contributed by atoms with Gasteiger partial charge in [0.1, 0.15) is 0 Å². The summed E-state index contributed by atoms with van der Waals surface area (Å²) < 4.78 is 0. The maximum absolute atomic E-state index is 4.16. The largest absolute Gasteiger partial charge is 0.311 e. The monoisotopic (exact) mass is 260 g/mol. The first-order chi connectivity index (χ1) is 9.38. The van der Waals surface area contributed by atoms with Crippen molar-refractivity contribution in [2.24, 2.45) is 29.6 Å². The van der Waals surface area contributed by atoms with Crippen LogP contribution < -0.4 is 5.32 Å². The molecule has 8 unspecified atom stereocenters. The van der Waals surface area contributed by atoms with Gasteiger partial charge in [-0.1, -0.05) is 6.42 Å². The van der Waals surface area contributed by atoms with Crippen molar-refractivity contribution in [3.8, 4) is 0 Å². The zero-order valence-corrected chi connectivity index (χ0v) is 12.1. The van der Waals surface area contributed by atoms with Gasteiger partial charge < -0.3 is 10.2 Å². The summed E-state index contributed by atoms with van der Waals surface area (Å²) in [5.74, 6) is 5.43. The topological polar surface area (TPSA) is 15.3 Å². The Hall–Kier alpha value is -0.0800. The van der Waals surface area contributed by atoms with E-state index in [-0.39, 0.29) is 0 Å². The van der Waals surface area contributed by atoms with Gasteiger partial charge in [-0.25, -0.2) is 0 Å². The lowest BCUT2D eigenvalue weighted by Crippen LogP contribution is -2.50. The molecule has 106 valence electrons. The van der Waals surface area contributed by atoms with Crippen molar-refractivity contribution in [1.29, 1.82) is 0 Å². The SMILES string of the molecule is C1CC2C3CC(NC4CCN5CCC4C5)C(C3)C2C1. The van der Waals surface area contributed by atoms with Crippen LogP contribution in [-0.2, 0) is 0 Å². The van der Waals surface area contributed by atoms with Gasteiger partial charge >= 0.3 is 0 Å². The number of fused-ring (bicyclic) bond motifs is 7. The molecular formula is C17H28N2. The van der Waals surface area contributed by atoms with Crippen LogP contribution in [0.15, 0.2) is 0 Å². The number of nitrogens with zero attached hydrogens (tertiary/aromatic N) is 1. The molecule has 8 atom stereocenters. The van der Waals surface area contributed by atoms with Gasteiger partial charge in [0.2, 0.25) is 0 Å². The summed E-state index contributed by atoms with van der Waals surface area (Å²) in [4.78, 5) is 2.68. The highest BCUT2D eigenvalue weighted by molar-refractivity contribution is 5.07. The fourth-order valence-electron chi connectivity index (χ4n) is 6.71. The molecule has 0 aromatic heterocycles. The Morgan fingerprint density at radius 1 is 0.737 bits per heavy atom. The van der Waals surface area contributed by atoms with E-state index < -0.39 is 0 Å². The highest BCUT2D eigenvalue weighted by Crippen LogP contribution is 2.58. The van der Waals surface area contributed by atoms with Gasteiger partial charge in [-0.05, 0) is 81.2 Å². The summed E-state index contributed by atoms with van der Waals surface area (Å²) in [6.45, 7) is 4.13. The first-order valence-electron chi connectivity index (χ1n) is 8.87. The molecule has 0 radical (unpaired) electrons. The van der Waals surface area contributed by atoms with Crippen LogP contribution in [0.3, 0.4) is 0 Å². The Balaban J connectivity index is 1.28. The second-order valence-corrected chi connectivity index (χ2v) is 8.17. The van der Waals surface area contributed by atoms with E-state index in [1.165, 1.54) is 45.3 Å². The molecule has 2 saturated heterocycles. The molecule has 5 aliphatic rings. The Labute approximate surface area is 117 Å². The van der Waals surface area contributed by atoms with Crippen LogP contribution in [0.2, 0.25) is 0 Å². The minimum atomic E-state index is 0.864. The molecular weight excluding hydrogens is 232 g/mol. The second-order valence-electron chi connectivity index (χ2n) is 8.17. The Kier molecular flexibility index (Phi) is 2.56. The summed E-state index contributed by atoms with van der Waals surface area (Å²) in [7, 11) is 0. The van der Waals surface area contributed by atoms with Gasteiger partial charge in [0, 0.05) is 18.6 Å². The van der Waals surface area contributed by atoms with E-state index in [1.54, 1.807) is 19.3 Å². The lowest BCUT2D eigenvalue weighted by Gasteiger charge is -2.38. The lowest BCUT2D eigenvalue weighted by molar-refractivity contribution is 0.158. The molecule has 3 saturated carbocycles. The van der Waals surface area contributed by atoms with E-state index in [0.29, 0.717) is 0 Å². The Morgan fingerprint density at radius 2 is 1.63 bits per heavy atom. The molecule has 2 nitrogen and oxygen atoms in total. The van der Waals surface area contributed by atoms with Gasteiger partial charge in [0.05, 0.1) is 0 Å². The Morgan fingerprint density at radius 3 is 2.63 bits per heavy atom. The number of hydrogen-bond donors (Lipinski definition) is 1. The smallest absolute Gasteiger partial charge is 0.0123 e. The van der Waals surface area contributed by atoms with Crippen molar-refractivity contribution >= 4 is 0 Å². The summed E-state index contributed by atoms with van der Waals surface area (Å²) >= 11 is 0. The van der Waals surface area contributed by atoms with Crippen LogP contribution in [0.25, 0.3) is 0 Å². The van der Waals surface area contributed by atoms with Gasteiger partial charge in [-0.3, -0.25) is 0 Å². The van der Waals surface area contributed by atoms with E-state index in [4.69, 9.17) is 0 Å². The summed E-state index contributed by atoms with van der Waals surface area (Å²) in [6, 6.07) is 1.77. The molecule has 5 fully saturated rings. The summed E-state index contributed by atoms with van der Waals surface area (Å²) in [5.41, 5.74) is 0. The highest BCUT2D eigenvalue weighted by atomic mass is 15.2.